The molecule has 2 amide bonds. The van der Waals surface area contributed by atoms with Crippen molar-refractivity contribution in [1.82, 2.24) is 4.90 Å². The molecule has 2 N–H and O–H groups in total. The van der Waals surface area contributed by atoms with Crippen LogP contribution in [0.5, 0.6) is 0 Å². The summed E-state index contributed by atoms with van der Waals surface area (Å²) in [6.07, 6.45) is 0.861. The Morgan fingerprint density at radius 1 is 1.20 bits per heavy atom. The van der Waals surface area contributed by atoms with Crippen LogP contribution >= 0.6 is 0 Å². The second-order valence-electron chi connectivity index (χ2n) is 6.57. The number of aliphatic hydroxyl groups is 1. The number of aliphatic hydroxyl groups excluding tert-OH is 1. The van der Waals surface area contributed by atoms with Gasteiger partial charge in [0, 0.05) is 39.2 Å². The summed E-state index contributed by atoms with van der Waals surface area (Å²) in [5, 5.41) is 12.3. The third kappa shape index (κ3) is 4.31. The van der Waals surface area contributed by atoms with E-state index in [-0.39, 0.29) is 18.6 Å². The number of carbonyl (C=O) groups excluding carboxylic acids is 1. The van der Waals surface area contributed by atoms with Gasteiger partial charge >= 0.3 is 6.03 Å². The van der Waals surface area contributed by atoms with E-state index in [4.69, 9.17) is 0 Å². The maximum absolute atomic E-state index is 12.5. The summed E-state index contributed by atoms with van der Waals surface area (Å²) in [5.74, 6) is 0.196. The highest BCUT2D eigenvalue weighted by molar-refractivity contribution is 5.93. The van der Waals surface area contributed by atoms with E-state index >= 15 is 0 Å². The maximum Gasteiger partial charge on any atom is 0.321 e. The van der Waals surface area contributed by atoms with Crippen molar-refractivity contribution in [3.63, 3.8) is 0 Å². The molecule has 2 aromatic rings. The summed E-state index contributed by atoms with van der Waals surface area (Å²) in [7, 11) is 2.02. The Morgan fingerprint density at radius 2 is 1.92 bits per heavy atom. The lowest BCUT2D eigenvalue weighted by atomic mass is 10.1. The molecular formula is C20H25N3O2. The van der Waals surface area contributed by atoms with Crippen molar-refractivity contribution in [1.29, 1.82) is 0 Å². The van der Waals surface area contributed by atoms with Crippen molar-refractivity contribution in [2.24, 2.45) is 5.92 Å². The monoisotopic (exact) mass is 339 g/mol. The second kappa shape index (κ2) is 8.03. The molecule has 1 fully saturated rings. The Morgan fingerprint density at radius 3 is 2.64 bits per heavy atom. The zero-order valence-electron chi connectivity index (χ0n) is 14.6. The fourth-order valence-corrected chi connectivity index (χ4v) is 3.22. The van der Waals surface area contributed by atoms with Gasteiger partial charge in [-0.2, -0.15) is 0 Å². The molecule has 2 aromatic carbocycles. The zero-order chi connectivity index (χ0) is 17.6. The maximum atomic E-state index is 12.5. The molecule has 5 nitrogen and oxygen atoms in total. The van der Waals surface area contributed by atoms with E-state index in [1.165, 1.54) is 5.56 Å². The largest absolute Gasteiger partial charge is 0.396 e. The molecule has 0 radical (unpaired) electrons. The van der Waals surface area contributed by atoms with Gasteiger partial charge in [0.15, 0.2) is 0 Å². The molecule has 132 valence electrons. The molecule has 1 aliphatic heterocycles. The van der Waals surface area contributed by atoms with E-state index in [0.717, 1.165) is 24.3 Å². The minimum absolute atomic E-state index is 0.100. The quantitative estimate of drug-likeness (QED) is 0.880. The lowest BCUT2D eigenvalue weighted by Crippen LogP contribution is -2.33. The number of anilines is 2. The minimum atomic E-state index is -0.100. The molecule has 3 rings (SSSR count). The van der Waals surface area contributed by atoms with Crippen LogP contribution in [-0.2, 0) is 6.54 Å². The number of carbonyl (C=O) groups is 1. The van der Waals surface area contributed by atoms with Gasteiger partial charge < -0.3 is 20.2 Å². The highest BCUT2D eigenvalue weighted by atomic mass is 16.3. The summed E-state index contributed by atoms with van der Waals surface area (Å²) in [6.45, 7) is 2.22. The van der Waals surface area contributed by atoms with Crippen molar-refractivity contribution < 1.29 is 9.90 Å². The van der Waals surface area contributed by atoms with Crippen molar-refractivity contribution in [3.05, 3.63) is 60.2 Å². The van der Waals surface area contributed by atoms with Crippen LogP contribution in [-0.4, -0.2) is 42.8 Å². The predicted octanol–water partition coefficient (Wildman–Crippen LogP) is 3.17. The minimum Gasteiger partial charge on any atom is -0.396 e. The highest BCUT2D eigenvalue weighted by Crippen LogP contribution is 2.27. The number of likely N-dealkylation sites (tertiary alicyclic amines) is 1. The third-order valence-corrected chi connectivity index (χ3v) is 4.65. The van der Waals surface area contributed by atoms with Crippen molar-refractivity contribution in [2.75, 3.05) is 37.0 Å². The molecule has 1 aliphatic rings. The number of nitrogens with one attached hydrogen (secondary N) is 1. The number of nitrogens with zero attached hydrogens (tertiary/aromatic N) is 2. The van der Waals surface area contributed by atoms with Crippen LogP contribution in [0.25, 0.3) is 0 Å². The van der Waals surface area contributed by atoms with E-state index in [1.807, 2.05) is 49.5 Å². The summed E-state index contributed by atoms with van der Waals surface area (Å²) >= 11 is 0. The Balaban J connectivity index is 1.69. The Labute approximate surface area is 148 Å². The first-order chi connectivity index (χ1) is 12.2. The average Bonchev–Trinajstić information content (AvgIpc) is 3.12. The van der Waals surface area contributed by atoms with E-state index in [1.54, 1.807) is 4.90 Å². The van der Waals surface area contributed by atoms with E-state index < -0.39 is 0 Å². The molecule has 1 atom stereocenters. The number of urea groups is 1. The zero-order valence-corrected chi connectivity index (χ0v) is 14.6. The average molecular weight is 339 g/mol. The van der Waals surface area contributed by atoms with Crippen LogP contribution < -0.4 is 10.2 Å². The molecule has 0 aliphatic carbocycles. The van der Waals surface area contributed by atoms with E-state index in [0.29, 0.717) is 13.1 Å². The lowest BCUT2D eigenvalue weighted by molar-refractivity contribution is 0.209. The number of amides is 2. The Kier molecular flexibility index (Phi) is 5.56. The van der Waals surface area contributed by atoms with Crippen molar-refractivity contribution >= 4 is 17.4 Å². The van der Waals surface area contributed by atoms with Crippen LogP contribution in [0.3, 0.4) is 0 Å². The van der Waals surface area contributed by atoms with Crippen LogP contribution in [0.4, 0.5) is 16.2 Å². The molecule has 25 heavy (non-hydrogen) atoms. The van der Waals surface area contributed by atoms with E-state index in [2.05, 4.69) is 22.3 Å². The summed E-state index contributed by atoms with van der Waals surface area (Å²) in [5.41, 5.74) is 3.01. The number of rotatable bonds is 5. The molecule has 0 spiro atoms. The van der Waals surface area contributed by atoms with Gasteiger partial charge in [-0.25, -0.2) is 4.79 Å². The van der Waals surface area contributed by atoms with Crippen LogP contribution in [0.15, 0.2) is 54.6 Å². The topological polar surface area (TPSA) is 55.8 Å². The van der Waals surface area contributed by atoms with E-state index in [9.17, 15) is 9.90 Å². The molecule has 1 unspecified atom stereocenters. The number of hydrogen-bond donors (Lipinski definition) is 2. The van der Waals surface area contributed by atoms with Crippen LogP contribution in [0.2, 0.25) is 0 Å². The molecule has 0 bridgehead atoms. The van der Waals surface area contributed by atoms with Gasteiger partial charge in [-0.1, -0.05) is 42.5 Å². The number of para-hydroxylation sites is 2. The number of hydrogen-bond acceptors (Lipinski definition) is 3. The SMILES string of the molecule is CN(Cc1ccccc1)c1ccccc1NC(=O)N1CCC(CO)C1. The molecule has 5 heteroatoms. The van der Waals surface area contributed by atoms with Crippen molar-refractivity contribution in [3.8, 4) is 0 Å². The van der Waals surface area contributed by atoms with Gasteiger partial charge in [0.25, 0.3) is 0 Å². The number of benzene rings is 2. The second-order valence-corrected chi connectivity index (χ2v) is 6.57. The van der Waals surface area contributed by atoms with Gasteiger partial charge in [0.1, 0.15) is 0 Å². The first-order valence-corrected chi connectivity index (χ1v) is 8.68. The Hall–Kier alpha value is -2.53. The molecule has 0 saturated carbocycles. The van der Waals surface area contributed by atoms with Crippen molar-refractivity contribution in [2.45, 2.75) is 13.0 Å². The molecular weight excluding hydrogens is 314 g/mol. The molecule has 0 aromatic heterocycles. The standard InChI is InChI=1S/C20H25N3O2/c1-22(13-16-7-3-2-4-8-16)19-10-6-5-9-18(19)21-20(25)23-12-11-17(14-23)15-24/h2-10,17,24H,11-15H2,1H3,(H,21,25). The third-order valence-electron chi connectivity index (χ3n) is 4.65. The smallest absolute Gasteiger partial charge is 0.321 e. The van der Waals surface area contributed by atoms with Gasteiger partial charge in [0.05, 0.1) is 11.4 Å². The predicted molar refractivity (Wildman–Crippen MR) is 101 cm³/mol. The lowest BCUT2D eigenvalue weighted by Gasteiger charge is -2.24. The molecule has 1 saturated heterocycles. The first kappa shape index (κ1) is 17.3. The fraction of sp³-hybridized carbons (Fsp3) is 0.350. The normalized spacial score (nSPS) is 16.7. The van der Waals surface area contributed by atoms with Gasteiger partial charge in [0.2, 0.25) is 0 Å². The summed E-state index contributed by atoms with van der Waals surface area (Å²) in [4.78, 5) is 16.4. The van der Waals surface area contributed by atoms with Gasteiger partial charge in [-0.3, -0.25) is 0 Å². The highest BCUT2D eigenvalue weighted by Gasteiger charge is 2.26. The first-order valence-electron chi connectivity index (χ1n) is 8.68. The van der Waals surface area contributed by atoms with Gasteiger partial charge in [-0.15, -0.1) is 0 Å². The summed E-state index contributed by atoms with van der Waals surface area (Å²) < 4.78 is 0. The fourth-order valence-electron chi connectivity index (χ4n) is 3.22. The van der Waals surface area contributed by atoms with Crippen LogP contribution in [0, 0.1) is 5.92 Å². The van der Waals surface area contributed by atoms with Gasteiger partial charge in [-0.05, 0) is 24.1 Å². The van der Waals surface area contributed by atoms with Crippen LogP contribution in [0.1, 0.15) is 12.0 Å². The Bertz CT molecular complexity index is 705. The molecule has 1 heterocycles. The summed E-state index contributed by atoms with van der Waals surface area (Å²) in [6, 6.07) is 18.0.